The Morgan fingerprint density at radius 1 is 1.30 bits per heavy atom. The summed E-state index contributed by atoms with van der Waals surface area (Å²) in [5.41, 5.74) is 5.78. The third kappa shape index (κ3) is 2.68. The van der Waals surface area contributed by atoms with E-state index in [2.05, 4.69) is 54.2 Å². The molecule has 0 saturated heterocycles. The van der Waals surface area contributed by atoms with Gasteiger partial charge in [0.2, 0.25) is 0 Å². The quantitative estimate of drug-likeness (QED) is 0.813. The summed E-state index contributed by atoms with van der Waals surface area (Å²) in [4.78, 5) is 0. The van der Waals surface area contributed by atoms with E-state index in [1.54, 1.807) is 11.3 Å². The topological polar surface area (TPSA) is 12.0 Å². The Hall–Kier alpha value is -1.12. The van der Waals surface area contributed by atoms with Crippen LogP contribution in [0.1, 0.15) is 60.4 Å². The Labute approximate surface area is 126 Å². The van der Waals surface area contributed by atoms with Crippen molar-refractivity contribution in [3.63, 3.8) is 0 Å². The van der Waals surface area contributed by atoms with E-state index in [0.29, 0.717) is 6.04 Å². The van der Waals surface area contributed by atoms with Gasteiger partial charge in [0.15, 0.2) is 0 Å². The van der Waals surface area contributed by atoms with E-state index in [1.807, 2.05) is 0 Å². The Kier molecular flexibility index (Phi) is 4.23. The van der Waals surface area contributed by atoms with Gasteiger partial charge in [0.1, 0.15) is 0 Å². The normalized spacial score (nSPS) is 16.9. The van der Waals surface area contributed by atoms with Gasteiger partial charge in [0.05, 0.1) is 6.04 Å². The molecule has 0 bridgehead atoms. The summed E-state index contributed by atoms with van der Waals surface area (Å²) in [6.07, 6.45) is 4.13. The summed E-state index contributed by atoms with van der Waals surface area (Å²) in [7, 11) is 0. The van der Waals surface area contributed by atoms with Crippen molar-refractivity contribution in [3.8, 4) is 0 Å². The number of rotatable bonds is 5. The second kappa shape index (κ2) is 6.11. The van der Waals surface area contributed by atoms with Gasteiger partial charge in [0.25, 0.3) is 0 Å². The molecule has 3 rings (SSSR count). The maximum absolute atomic E-state index is 3.65. The van der Waals surface area contributed by atoms with Crippen molar-refractivity contribution in [2.45, 2.75) is 45.1 Å². The van der Waals surface area contributed by atoms with Crippen LogP contribution in [0.3, 0.4) is 0 Å². The van der Waals surface area contributed by atoms with Crippen LogP contribution in [0.4, 0.5) is 0 Å². The third-order valence-corrected chi connectivity index (χ3v) is 5.31. The van der Waals surface area contributed by atoms with Gasteiger partial charge < -0.3 is 5.32 Å². The molecule has 2 aromatic rings. The molecule has 1 aliphatic carbocycles. The summed E-state index contributed by atoms with van der Waals surface area (Å²) < 4.78 is 0. The van der Waals surface area contributed by atoms with Crippen LogP contribution in [0.15, 0.2) is 35.0 Å². The van der Waals surface area contributed by atoms with E-state index < -0.39 is 0 Å². The first-order chi connectivity index (χ1) is 9.79. The highest BCUT2D eigenvalue weighted by molar-refractivity contribution is 7.08. The van der Waals surface area contributed by atoms with Gasteiger partial charge in [0, 0.05) is 0 Å². The molecule has 2 heteroatoms. The lowest BCUT2D eigenvalue weighted by Gasteiger charge is -2.27. The van der Waals surface area contributed by atoms with E-state index in [0.717, 1.165) is 12.5 Å². The Balaban J connectivity index is 1.93. The van der Waals surface area contributed by atoms with Crippen LogP contribution in [0.5, 0.6) is 0 Å². The molecule has 1 aliphatic rings. The van der Waals surface area contributed by atoms with Crippen LogP contribution < -0.4 is 5.32 Å². The van der Waals surface area contributed by atoms with Crippen molar-refractivity contribution in [2.75, 3.05) is 6.54 Å². The summed E-state index contributed by atoms with van der Waals surface area (Å²) in [5, 5.41) is 8.19. The molecule has 1 aromatic heterocycles. The predicted octanol–water partition coefficient (Wildman–Crippen LogP) is 5.02. The minimum atomic E-state index is 0.339. The number of hydrogen-bond acceptors (Lipinski definition) is 2. The van der Waals surface area contributed by atoms with Crippen LogP contribution in [0.2, 0.25) is 0 Å². The number of nitrogens with one attached hydrogen (secondary N) is 1. The number of hydrogen-bond donors (Lipinski definition) is 1. The van der Waals surface area contributed by atoms with Gasteiger partial charge in [-0.3, -0.25) is 0 Å². The minimum Gasteiger partial charge on any atom is -0.306 e. The standard InChI is InChI=1S/C18H23NS/c1-3-19-18(17-12-20-11-13(17)2)16-9-5-8-15(10-16)14-6-4-7-14/h5,8-12,14,18-19H,3-4,6-7H2,1-2H3. The molecule has 1 nitrogen and oxygen atoms in total. The highest BCUT2D eigenvalue weighted by Crippen LogP contribution is 2.37. The third-order valence-electron chi connectivity index (χ3n) is 4.44. The first-order valence-electron chi connectivity index (χ1n) is 7.65. The smallest absolute Gasteiger partial charge is 0.0587 e. The minimum absolute atomic E-state index is 0.339. The first-order valence-corrected chi connectivity index (χ1v) is 8.59. The zero-order valence-corrected chi connectivity index (χ0v) is 13.2. The monoisotopic (exact) mass is 285 g/mol. The molecule has 1 N–H and O–H groups in total. The Bertz CT molecular complexity index is 568. The fourth-order valence-electron chi connectivity index (χ4n) is 3.01. The molecule has 0 spiro atoms. The number of benzene rings is 1. The molecular formula is C18H23NS. The molecule has 106 valence electrons. The maximum atomic E-state index is 3.65. The molecule has 20 heavy (non-hydrogen) atoms. The molecule has 0 aliphatic heterocycles. The second-order valence-corrected chi connectivity index (χ2v) is 6.54. The lowest BCUT2D eigenvalue weighted by Crippen LogP contribution is -2.22. The van der Waals surface area contributed by atoms with Crippen molar-refractivity contribution in [3.05, 3.63) is 57.3 Å². The summed E-state index contributed by atoms with van der Waals surface area (Å²) in [5.74, 6) is 0.806. The lowest BCUT2D eigenvalue weighted by atomic mass is 9.79. The van der Waals surface area contributed by atoms with Crippen molar-refractivity contribution < 1.29 is 0 Å². The van der Waals surface area contributed by atoms with Crippen molar-refractivity contribution in [1.82, 2.24) is 5.32 Å². The van der Waals surface area contributed by atoms with Gasteiger partial charge in [-0.05, 0) is 65.2 Å². The van der Waals surface area contributed by atoms with E-state index >= 15 is 0 Å². The van der Waals surface area contributed by atoms with Gasteiger partial charge >= 0.3 is 0 Å². The van der Waals surface area contributed by atoms with E-state index in [1.165, 1.54) is 41.5 Å². The molecule has 1 heterocycles. The summed E-state index contributed by atoms with van der Waals surface area (Å²) >= 11 is 1.80. The van der Waals surface area contributed by atoms with Gasteiger partial charge in [-0.1, -0.05) is 37.6 Å². The SMILES string of the molecule is CCNC(c1cccc(C2CCC2)c1)c1cscc1C. The lowest BCUT2D eigenvalue weighted by molar-refractivity contribution is 0.419. The van der Waals surface area contributed by atoms with Crippen LogP contribution in [0, 0.1) is 6.92 Å². The highest BCUT2D eigenvalue weighted by atomic mass is 32.1. The molecule has 0 amide bonds. The van der Waals surface area contributed by atoms with Crippen LogP contribution in [-0.4, -0.2) is 6.54 Å². The summed E-state index contributed by atoms with van der Waals surface area (Å²) in [6.45, 7) is 5.39. The van der Waals surface area contributed by atoms with Crippen molar-refractivity contribution in [1.29, 1.82) is 0 Å². The van der Waals surface area contributed by atoms with Gasteiger partial charge in [-0.15, -0.1) is 0 Å². The largest absolute Gasteiger partial charge is 0.306 e. The molecular weight excluding hydrogens is 262 g/mol. The molecule has 1 saturated carbocycles. The summed E-state index contributed by atoms with van der Waals surface area (Å²) in [6, 6.07) is 9.57. The fourth-order valence-corrected chi connectivity index (χ4v) is 3.89. The van der Waals surface area contributed by atoms with E-state index in [-0.39, 0.29) is 0 Å². The van der Waals surface area contributed by atoms with Gasteiger partial charge in [-0.25, -0.2) is 0 Å². The van der Waals surface area contributed by atoms with Crippen LogP contribution in [0.25, 0.3) is 0 Å². The highest BCUT2D eigenvalue weighted by Gasteiger charge is 2.21. The number of thiophene rings is 1. The number of aryl methyl sites for hydroxylation is 1. The van der Waals surface area contributed by atoms with Crippen molar-refractivity contribution in [2.24, 2.45) is 0 Å². The van der Waals surface area contributed by atoms with Crippen LogP contribution >= 0.6 is 11.3 Å². The average molecular weight is 285 g/mol. The van der Waals surface area contributed by atoms with E-state index in [9.17, 15) is 0 Å². The molecule has 1 aromatic carbocycles. The fraction of sp³-hybridized carbons (Fsp3) is 0.444. The molecule has 1 unspecified atom stereocenters. The van der Waals surface area contributed by atoms with E-state index in [4.69, 9.17) is 0 Å². The first kappa shape index (κ1) is 13.8. The van der Waals surface area contributed by atoms with Crippen molar-refractivity contribution >= 4 is 11.3 Å². The Morgan fingerprint density at radius 3 is 2.75 bits per heavy atom. The van der Waals surface area contributed by atoms with Gasteiger partial charge in [-0.2, -0.15) is 11.3 Å². The Morgan fingerprint density at radius 2 is 2.15 bits per heavy atom. The molecule has 0 radical (unpaired) electrons. The molecule has 1 atom stereocenters. The average Bonchev–Trinajstić information content (AvgIpc) is 2.80. The zero-order valence-electron chi connectivity index (χ0n) is 12.4. The predicted molar refractivity (Wildman–Crippen MR) is 87.6 cm³/mol. The van der Waals surface area contributed by atoms with Crippen LogP contribution in [-0.2, 0) is 0 Å². The maximum Gasteiger partial charge on any atom is 0.0587 e. The second-order valence-electron chi connectivity index (χ2n) is 5.80. The zero-order chi connectivity index (χ0) is 13.9. The molecule has 1 fully saturated rings.